The maximum atomic E-state index is 13.2. The fraction of sp³-hybridized carbons (Fsp3) is 0.474. The minimum Gasteiger partial charge on any atom is -0.489 e. The van der Waals surface area contributed by atoms with Crippen molar-refractivity contribution in [2.45, 2.75) is 40.0 Å². The summed E-state index contributed by atoms with van der Waals surface area (Å²) < 4.78 is 21.0. The van der Waals surface area contributed by atoms with Crippen molar-refractivity contribution in [2.75, 3.05) is 13.6 Å². The number of aliphatic imine (C=N–C) groups is 1. The number of imidazole rings is 1. The van der Waals surface area contributed by atoms with Crippen LogP contribution in [-0.2, 0) is 13.1 Å². The molecule has 0 radical (unpaired) electrons. The molecule has 1 unspecified atom stereocenters. The molecule has 0 spiro atoms. The Balaban J connectivity index is 0.00000364. The van der Waals surface area contributed by atoms with E-state index in [2.05, 4.69) is 39.0 Å². The molecule has 0 amide bonds. The third-order valence-electron chi connectivity index (χ3n) is 3.69. The second-order valence-electron chi connectivity index (χ2n) is 6.58. The van der Waals surface area contributed by atoms with Gasteiger partial charge in [-0.1, -0.05) is 19.9 Å². The second kappa shape index (κ2) is 11.8. The summed E-state index contributed by atoms with van der Waals surface area (Å²) in [5.41, 5.74) is 0. The van der Waals surface area contributed by atoms with Gasteiger partial charge in [0.05, 0.1) is 13.1 Å². The first-order chi connectivity index (χ1) is 12.5. The van der Waals surface area contributed by atoms with Crippen LogP contribution in [0.4, 0.5) is 4.39 Å². The van der Waals surface area contributed by atoms with Crippen molar-refractivity contribution < 1.29 is 9.13 Å². The van der Waals surface area contributed by atoms with E-state index < -0.39 is 0 Å². The summed E-state index contributed by atoms with van der Waals surface area (Å²) >= 11 is 0. The van der Waals surface area contributed by atoms with Crippen molar-refractivity contribution >= 4 is 29.9 Å². The Hall–Kier alpha value is -1.84. The maximum absolute atomic E-state index is 13.2. The molecule has 27 heavy (non-hydrogen) atoms. The van der Waals surface area contributed by atoms with Gasteiger partial charge in [-0.2, -0.15) is 0 Å². The van der Waals surface area contributed by atoms with Gasteiger partial charge in [-0.15, -0.1) is 24.0 Å². The average molecular weight is 489 g/mol. The lowest BCUT2D eigenvalue weighted by Crippen LogP contribution is -2.41. The minimum absolute atomic E-state index is 0. The molecule has 2 rings (SSSR count). The van der Waals surface area contributed by atoms with Crippen LogP contribution in [0.5, 0.6) is 5.75 Å². The largest absolute Gasteiger partial charge is 0.489 e. The predicted molar refractivity (Wildman–Crippen MR) is 117 cm³/mol. The number of halogens is 2. The van der Waals surface area contributed by atoms with E-state index in [-0.39, 0.29) is 35.9 Å². The highest BCUT2D eigenvalue weighted by molar-refractivity contribution is 14.0. The maximum Gasteiger partial charge on any atom is 0.191 e. The third-order valence-corrected chi connectivity index (χ3v) is 3.69. The lowest BCUT2D eigenvalue weighted by molar-refractivity contribution is 0.223. The van der Waals surface area contributed by atoms with Gasteiger partial charge in [0.1, 0.15) is 23.5 Å². The molecular weight excluding hydrogens is 460 g/mol. The molecule has 0 aliphatic heterocycles. The van der Waals surface area contributed by atoms with Crippen LogP contribution in [0.2, 0.25) is 0 Å². The number of guanidine groups is 1. The number of nitrogens with one attached hydrogen (secondary N) is 2. The highest BCUT2D eigenvalue weighted by Crippen LogP contribution is 2.13. The fourth-order valence-electron chi connectivity index (χ4n) is 2.50. The van der Waals surface area contributed by atoms with Gasteiger partial charge < -0.3 is 19.9 Å². The minimum atomic E-state index is -0.308. The zero-order valence-electron chi connectivity index (χ0n) is 16.3. The molecule has 2 N–H and O–H groups in total. The van der Waals surface area contributed by atoms with Crippen LogP contribution in [-0.4, -0.2) is 35.2 Å². The summed E-state index contributed by atoms with van der Waals surface area (Å²) in [6.45, 7) is 8.33. The molecule has 8 heteroatoms. The summed E-state index contributed by atoms with van der Waals surface area (Å²) in [6, 6.07) is 6.13. The molecule has 2 aromatic rings. The van der Waals surface area contributed by atoms with E-state index in [1.54, 1.807) is 19.2 Å². The van der Waals surface area contributed by atoms with E-state index in [0.29, 0.717) is 30.7 Å². The van der Waals surface area contributed by atoms with Crippen molar-refractivity contribution in [3.63, 3.8) is 0 Å². The van der Waals surface area contributed by atoms with Gasteiger partial charge in [0, 0.05) is 32.1 Å². The zero-order valence-corrected chi connectivity index (χ0v) is 18.6. The second-order valence-corrected chi connectivity index (χ2v) is 6.58. The number of benzene rings is 1. The SMILES string of the molecule is CN=C(NCc1nccn1CC(C)C)NCC(C)Oc1cccc(F)c1.I. The van der Waals surface area contributed by atoms with Crippen LogP contribution in [0.3, 0.4) is 0 Å². The van der Waals surface area contributed by atoms with Crippen LogP contribution in [0, 0.1) is 11.7 Å². The lowest BCUT2D eigenvalue weighted by Gasteiger charge is -2.18. The molecule has 0 bridgehead atoms. The number of hydrogen-bond acceptors (Lipinski definition) is 3. The standard InChI is InChI=1S/C19H28FN5O.HI/c1-14(2)13-25-9-8-22-18(25)12-24-19(21-4)23-11-15(3)26-17-7-5-6-16(20)10-17;/h5-10,14-15H,11-13H2,1-4H3,(H2,21,23,24);1H. The summed E-state index contributed by atoms with van der Waals surface area (Å²) in [6.07, 6.45) is 3.66. The number of ether oxygens (including phenoxy) is 1. The highest BCUT2D eigenvalue weighted by Gasteiger charge is 2.08. The highest BCUT2D eigenvalue weighted by atomic mass is 127. The summed E-state index contributed by atoms with van der Waals surface area (Å²) in [5, 5.41) is 6.46. The smallest absolute Gasteiger partial charge is 0.191 e. The Morgan fingerprint density at radius 1 is 1.30 bits per heavy atom. The van der Waals surface area contributed by atoms with Gasteiger partial charge >= 0.3 is 0 Å². The Morgan fingerprint density at radius 2 is 2.07 bits per heavy atom. The summed E-state index contributed by atoms with van der Waals surface area (Å²) in [7, 11) is 1.72. The number of hydrogen-bond donors (Lipinski definition) is 2. The normalized spacial score (nSPS) is 12.4. The van der Waals surface area contributed by atoms with E-state index in [4.69, 9.17) is 4.74 Å². The van der Waals surface area contributed by atoms with Crippen LogP contribution in [0.1, 0.15) is 26.6 Å². The topological polar surface area (TPSA) is 63.5 Å². The summed E-state index contributed by atoms with van der Waals surface area (Å²) in [5.74, 6) is 2.39. The molecule has 1 aromatic carbocycles. The molecular formula is C19H29FIN5O. The van der Waals surface area contributed by atoms with Crippen molar-refractivity contribution in [3.05, 3.63) is 48.3 Å². The van der Waals surface area contributed by atoms with E-state index >= 15 is 0 Å². The first-order valence-electron chi connectivity index (χ1n) is 8.84. The van der Waals surface area contributed by atoms with E-state index in [9.17, 15) is 4.39 Å². The molecule has 0 aliphatic rings. The first kappa shape index (κ1) is 23.2. The van der Waals surface area contributed by atoms with Gasteiger partial charge in [0.15, 0.2) is 5.96 Å². The van der Waals surface area contributed by atoms with Gasteiger partial charge in [0.25, 0.3) is 0 Å². The van der Waals surface area contributed by atoms with Gasteiger partial charge in [-0.3, -0.25) is 4.99 Å². The van der Waals surface area contributed by atoms with E-state index in [1.165, 1.54) is 12.1 Å². The summed E-state index contributed by atoms with van der Waals surface area (Å²) in [4.78, 5) is 8.61. The van der Waals surface area contributed by atoms with Gasteiger partial charge in [-0.25, -0.2) is 9.37 Å². The van der Waals surface area contributed by atoms with Crippen molar-refractivity contribution in [3.8, 4) is 5.75 Å². The molecule has 6 nitrogen and oxygen atoms in total. The Bertz CT molecular complexity index is 720. The van der Waals surface area contributed by atoms with Crippen LogP contribution in [0.15, 0.2) is 41.7 Å². The Kier molecular flexibility index (Phi) is 10.1. The number of nitrogens with zero attached hydrogens (tertiary/aromatic N) is 3. The Morgan fingerprint density at radius 3 is 2.74 bits per heavy atom. The van der Waals surface area contributed by atoms with Gasteiger partial charge in [-0.05, 0) is 25.0 Å². The van der Waals surface area contributed by atoms with Crippen molar-refractivity contribution in [2.24, 2.45) is 10.9 Å². The quantitative estimate of drug-likeness (QED) is 0.339. The van der Waals surface area contributed by atoms with Gasteiger partial charge in [0.2, 0.25) is 0 Å². The third kappa shape index (κ3) is 8.15. The van der Waals surface area contributed by atoms with Crippen molar-refractivity contribution in [1.29, 1.82) is 0 Å². The van der Waals surface area contributed by atoms with E-state index in [1.807, 2.05) is 19.3 Å². The molecule has 150 valence electrons. The monoisotopic (exact) mass is 489 g/mol. The molecule has 0 saturated heterocycles. The molecule has 1 aromatic heterocycles. The number of rotatable bonds is 8. The molecule has 1 atom stereocenters. The molecule has 1 heterocycles. The van der Waals surface area contributed by atoms with Crippen LogP contribution in [0.25, 0.3) is 0 Å². The predicted octanol–water partition coefficient (Wildman–Crippen LogP) is 3.43. The van der Waals surface area contributed by atoms with Crippen LogP contribution >= 0.6 is 24.0 Å². The molecule has 0 aliphatic carbocycles. The van der Waals surface area contributed by atoms with Crippen LogP contribution < -0.4 is 15.4 Å². The molecule has 0 saturated carbocycles. The number of aromatic nitrogens is 2. The zero-order chi connectivity index (χ0) is 18.9. The lowest BCUT2D eigenvalue weighted by atomic mass is 10.2. The Labute approximate surface area is 177 Å². The van der Waals surface area contributed by atoms with Crippen molar-refractivity contribution in [1.82, 2.24) is 20.2 Å². The first-order valence-corrected chi connectivity index (χ1v) is 8.84. The molecule has 0 fully saturated rings. The van der Waals surface area contributed by atoms with E-state index in [0.717, 1.165) is 12.4 Å². The fourth-order valence-corrected chi connectivity index (χ4v) is 2.50. The average Bonchev–Trinajstić information content (AvgIpc) is 3.01.